The third-order valence-electron chi connectivity index (χ3n) is 4.68. The Hall–Kier alpha value is -2.38. The number of hydrogen-bond donors (Lipinski definition) is 2. The van der Waals surface area contributed by atoms with E-state index in [0.29, 0.717) is 18.7 Å². The van der Waals surface area contributed by atoms with Crippen molar-refractivity contribution in [2.75, 3.05) is 13.2 Å². The van der Waals surface area contributed by atoms with E-state index in [1.807, 2.05) is 24.3 Å². The fourth-order valence-corrected chi connectivity index (χ4v) is 4.13. The van der Waals surface area contributed by atoms with Gasteiger partial charge in [-0.15, -0.1) is 0 Å². The van der Waals surface area contributed by atoms with Crippen molar-refractivity contribution in [3.63, 3.8) is 0 Å². The molecule has 2 N–H and O–H groups in total. The van der Waals surface area contributed by atoms with Crippen LogP contribution in [0.4, 0.5) is 0 Å². The molecule has 3 rings (SSSR count). The average molecular weight is 417 g/mol. The Morgan fingerprint density at radius 3 is 2.41 bits per heavy atom. The molecule has 0 atom stereocenters. The van der Waals surface area contributed by atoms with E-state index >= 15 is 0 Å². The van der Waals surface area contributed by atoms with Gasteiger partial charge < -0.3 is 10.1 Å². The first-order valence-electron chi connectivity index (χ1n) is 9.79. The van der Waals surface area contributed by atoms with E-state index in [-0.39, 0.29) is 22.3 Å². The molecule has 1 amide bonds. The van der Waals surface area contributed by atoms with Crippen molar-refractivity contribution >= 4 is 15.9 Å². The van der Waals surface area contributed by atoms with Gasteiger partial charge in [-0.1, -0.05) is 39.0 Å². The van der Waals surface area contributed by atoms with E-state index in [2.05, 4.69) is 30.8 Å². The fraction of sp³-hybridized carbons (Fsp3) is 0.409. The van der Waals surface area contributed by atoms with Gasteiger partial charge in [-0.25, -0.2) is 13.1 Å². The summed E-state index contributed by atoms with van der Waals surface area (Å²) >= 11 is 0. The van der Waals surface area contributed by atoms with Crippen molar-refractivity contribution in [2.45, 2.75) is 50.0 Å². The van der Waals surface area contributed by atoms with Crippen molar-refractivity contribution in [3.8, 4) is 5.75 Å². The highest BCUT2D eigenvalue weighted by atomic mass is 32.2. The molecule has 1 aliphatic carbocycles. The lowest BCUT2D eigenvalue weighted by Gasteiger charge is -2.19. The Kier molecular flexibility index (Phi) is 6.29. The van der Waals surface area contributed by atoms with E-state index in [0.717, 1.165) is 18.6 Å². The van der Waals surface area contributed by atoms with Gasteiger partial charge in [0, 0.05) is 11.6 Å². The minimum Gasteiger partial charge on any atom is -0.492 e. The zero-order valence-electron chi connectivity index (χ0n) is 17.1. The normalized spacial score (nSPS) is 14.4. The molecule has 6 nitrogen and oxygen atoms in total. The van der Waals surface area contributed by atoms with Gasteiger partial charge in [0.25, 0.3) is 5.91 Å². The molecular formula is C22H28N2O4S. The highest BCUT2D eigenvalue weighted by Gasteiger charge is 2.28. The van der Waals surface area contributed by atoms with Crippen molar-refractivity contribution in [1.82, 2.24) is 10.0 Å². The van der Waals surface area contributed by atoms with Crippen LogP contribution in [0.2, 0.25) is 0 Å². The predicted molar refractivity (Wildman–Crippen MR) is 113 cm³/mol. The predicted octanol–water partition coefficient (Wildman–Crippen LogP) is 3.23. The van der Waals surface area contributed by atoms with Gasteiger partial charge in [0.2, 0.25) is 10.0 Å². The molecule has 0 aliphatic heterocycles. The van der Waals surface area contributed by atoms with Crippen LogP contribution in [0.5, 0.6) is 5.75 Å². The number of sulfonamides is 1. The number of hydrogen-bond acceptors (Lipinski definition) is 4. The van der Waals surface area contributed by atoms with Crippen LogP contribution in [-0.2, 0) is 15.4 Å². The number of benzene rings is 2. The van der Waals surface area contributed by atoms with E-state index in [1.54, 1.807) is 12.1 Å². The molecule has 0 radical (unpaired) electrons. The molecule has 29 heavy (non-hydrogen) atoms. The minimum absolute atomic E-state index is 0.0205. The molecular weight excluding hydrogens is 388 g/mol. The van der Waals surface area contributed by atoms with Gasteiger partial charge in [0.15, 0.2) is 0 Å². The van der Waals surface area contributed by atoms with Gasteiger partial charge >= 0.3 is 0 Å². The number of nitrogens with one attached hydrogen (secondary N) is 2. The zero-order chi connectivity index (χ0) is 21.1. The van der Waals surface area contributed by atoms with Gasteiger partial charge in [0.1, 0.15) is 12.4 Å². The summed E-state index contributed by atoms with van der Waals surface area (Å²) in [7, 11) is -3.58. The molecule has 0 saturated heterocycles. The first kappa shape index (κ1) is 21.3. The van der Waals surface area contributed by atoms with Gasteiger partial charge in [0.05, 0.1) is 11.4 Å². The summed E-state index contributed by atoms with van der Waals surface area (Å²) in [6.07, 6.45) is 1.72. The van der Waals surface area contributed by atoms with Crippen molar-refractivity contribution in [1.29, 1.82) is 0 Å². The molecule has 2 aromatic rings. The number of carbonyl (C=O) groups is 1. The van der Waals surface area contributed by atoms with Crippen LogP contribution in [0.25, 0.3) is 0 Å². The van der Waals surface area contributed by atoms with Gasteiger partial charge in [-0.2, -0.15) is 0 Å². The van der Waals surface area contributed by atoms with E-state index < -0.39 is 10.0 Å². The number of carbonyl (C=O) groups excluding carboxylic acids is 1. The SMILES string of the molecule is CC(C)(C)c1ccc(OCCNC(=O)c2cccc(S(=O)(=O)NC3CC3)c2)cc1. The van der Waals surface area contributed by atoms with Crippen LogP contribution in [0.15, 0.2) is 53.4 Å². The molecule has 7 heteroatoms. The summed E-state index contributed by atoms with van der Waals surface area (Å²) in [5, 5.41) is 2.76. The maximum Gasteiger partial charge on any atom is 0.251 e. The second-order valence-electron chi connectivity index (χ2n) is 8.30. The molecule has 1 fully saturated rings. The van der Waals surface area contributed by atoms with Crippen LogP contribution in [-0.4, -0.2) is 33.5 Å². The highest BCUT2D eigenvalue weighted by molar-refractivity contribution is 7.89. The minimum atomic E-state index is -3.58. The Morgan fingerprint density at radius 2 is 1.79 bits per heavy atom. The van der Waals surface area contributed by atoms with Crippen molar-refractivity contribution in [2.24, 2.45) is 0 Å². The monoisotopic (exact) mass is 416 g/mol. The molecule has 156 valence electrons. The van der Waals surface area contributed by atoms with Crippen LogP contribution in [0, 0.1) is 0 Å². The third-order valence-corrected chi connectivity index (χ3v) is 6.20. The molecule has 0 bridgehead atoms. The maximum atomic E-state index is 12.3. The largest absolute Gasteiger partial charge is 0.492 e. The summed E-state index contributed by atoms with van der Waals surface area (Å²) in [5.41, 5.74) is 1.62. The van der Waals surface area contributed by atoms with Crippen LogP contribution >= 0.6 is 0 Å². The van der Waals surface area contributed by atoms with Crippen LogP contribution in [0.1, 0.15) is 49.5 Å². The Labute approximate surface area is 172 Å². The molecule has 2 aromatic carbocycles. The van der Waals surface area contributed by atoms with Crippen molar-refractivity contribution < 1.29 is 17.9 Å². The lowest BCUT2D eigenvalue weighted by molar-refractivity contribution is 0.0946. The Bertz CT molecular complexity index is 959. The lowest BCUT2D eigenvalue weighted by atomic mass is 9.87. The average Bonchev–Trinajstić information content (AvgIpc) is 3.48. The Morgan fingerprint density at radius 1 is 1.10 bits per heavy atom. The molecule has 1 aliphatic rings. The quantitative estimate of drug-likeness (QED) is 0.647. The smallest absolute Gasteiger partial charge is 0.251 e. The second-order valence-corrected chi connectivity index (χ2v) is 10.0. The molecule has 0 heterocycles. The summed E-state index contributed by atoms with van der Waals surface area (Å²) in [4.78, 5) is 12.4. The zero-order valence-corrected chi connectivity index (χ0v) is 17.9. The molecule has 1 saturated carbocycles. The summed E-state index contributed by atoms with van der Waals surface area (Å²) in [5.74, 6) is 0.409. The van der Waals surface area contributed by atoms with E-state index in [9.17, 15) is 13.2 Å². The molecule has 0 unspecified atom stereocenters. The Balaban J connectivity index is 1.50. The van der Waals surface area contributed by atoms with Crippen LogP contribution < -0.4 is 14.8 Å². The molecule has 0 spiro atoms. The fourth-order valence-electron chi connectivity index (χ4n) is 2.78. The second kappa shape index (κ2) is 8.55. The number of ether oxygens (including phenoxy) is 1. The maximum absolute atomic E-state index is 12.3. The van der Waals surface area contributed by atoms with E-state index in [1.165, 1.54) is 17.7 Å². The topological polar surface area (TPSA) is 84.5 Å². The van der Waals surface area contributed by atoms with Crippen LogP contribution in [0.3, 0.4) is 0 Å². The third kappa shape index (κ3) is 6.05. The highest BCUT2D eigenvalue weighted by Crippen LogP contribution is 2.24. The summed E-state index contributed by atoms with van der Waals surface area (Å²) < 4.78 is 32.9. The van der Waals surface area contributed by atoms with Gasteiger partial charge in [-0.05, 0) is 54.2 Å². The van der Waals surface area contributed by atoms with Crippen molar-refractivity contribution in [3.05, 3.63) is 59.7 Å². The number of rotatable bonds is 8. The standard InChI is InChI=1S/C22H28N2O4S/c1-22(2,3)17-7-11-19(12-8-17)28-14-13-23-21(25)16-5-4-6-20(15-16)29(26,27)24-18-9-10-18/h4-8,11-12,15,18,24H,9-10,13-14H2,1-3H3,(H,23,25). The lowest BCUT2D eigenvalue weighted by Crippen LogP contribution is -2.29. The first-order chi connectivity index (χ1) is 13.6. The summed E-state index contributed by atoms with van der Waals surface area (Å²) in [6.45, 7) is 7.10. The first-order valence-corrected chi connectivity index (χ1v) is 11.3. The van der Waals surface area contributed by atoms with E-state index in [4.69, 9.17) is 4.74 Å². The van der Waals surface area contributed by atoms with Gasteiger partial charge in [-0.3, -0.25) is 4.79 Å². The molecule has 0 aromatic heterocycles. The number of amides is 1. The summed E-state index contributed by atoms with van der Waals surface area (Å²) in [6, 6.07) is 14.0.